The van der Waals surface area contributed by atoms with E-state index in [0.717, 1.165) is 24.9 Å². The molecule has 3 unspecified atom stereocenters. The summed E-state index contributed by atoms with van der Waals surface area (Å²) in [4.78, 5) is 14.4. The van der Waals surface area contributed by atoms with Gasteiger partial charge in [0.2, 0.25) is 5.91 Å². The van der Waals surface area contributed by atoms with Gasteiger partial charge in [-0.1, -0.05) is 37.3 Å². The van der Waals surface area contributed by atoms with Crippen molar-refractivity contribution in [2.24, 2.45) is 11.7 Å². The first kappa shape index (κ1) is 13.1. The van der Waals surface area contributed by atoms with Gasteiger partial charge in [-0.15, -0.1) is 0 Å². The Balaban J connectivity index is 2.07. The largest absolute Gasteiger partial charge is 0.340 e. The molecule has 3 nitrogen and oxygen atoms in total. The van der Waals surface area contributed by atoms with E-state index < -0.39 is 0 Å². The van der Waals surface area contributed by atoms with Gasteiger partial charge in [0.25, 0.3) is 0 Å². The molecule has 0 aliphatic carbocycles. The van der Waals surface area contributed by atoms with Crippen LogP contribution in [0.1, 0.15) is 38.3 Å². The summed E-state index contributed by atoms with van der Waals surface area (Å²) in [5, 5.41) is 0. The lowest BCUT2D eigenvalue weighted by Gasteiger charge is -2.28. The van der Waals surface area contributed by atoms with Gasteiger partial charge in [-0.05, 0) is 25.3 Å². The smallest absolute Gasteiger partial charge is 0.227 e. The van der Waals surface area contributed by atoms with Crippen molar-refractivity contribution in [3.05, 3.63) is 35.9 Å². The molecule has 1 aliphatic heterocycles. The second-order valence-corrected chi connectivity index (χ2v) is 5.25. The van der Waals surface area contributed by atoms with Crippen LogP contribution in [-0.4, -0.2) is 23.4 Å². The molecule has 1 aromatic carbocycles. The second-order valence-electron chi connectivity index (χ2n) is 5.25. The van der Waals surface area contributed by atoms with Gasteiger partial charge < -0.3 is 10.6 Å². The lowest BCUT2D eigenvalue weighted by atomic mass is 9.94. The van der Waals surface area contributed by atoms with Crippen LogP contribution in [0.3, 0.4) is 0 Å². The summed E-state index contributed by atoms with van der Waals surface area (Å²) < 4.78 is 0. The normalized spacial score (nSPS) is 22.8. The number of nitrogens with zero attached hydrogens (tertiary/aromatic N) is 1. The lowest BCUT2D eigenvalue weighted by molar-refractivity contribution is -0.136. The lowest BCUT2D eigenvalue weighted by Crippen LogP contribution is -2.41. The predicted molar refractivity (Wildman–Crippen MR) is 72.9 cm³/mol. The number of amides is 1. The molecule has 0 aromatic heterocycles. The first-order valence-corrected chi connectivity index (χ1v) is 6.72. The molecular formula is C15H22N2O. The van der Waals surface area contributed by atoms with E-state index in [-0.39, 0.29) is 17.9 Å². The van der Waals surface area contributed by atoms with Crippen molar-refractivity contribution in [2.45, 2.75) is 38.8 Å². The first-order chi connectivity index (χ1) is 8.61. The molecule has 0 bridgehead atoms. The van der Waals surface area contributed by atoms with Crippen LogP contribution in [0.25, 0.3) is 0 Å². The number of hydrogen-bond donors (Lipinski definition) is 1. The van der Waals surface area contributed by atoms with Crippen LogP contribution in [0.4, 0.5) is 0 Å². The Kier molecular flexibility index (Phi) is 4.02. The van der Waals surface area contributed by atoms with Gasteiger partial charge in [-0.3, -0.25) is 4.79 Å². The molecule has 1 aromatic rings. The fourth-order valence-corrected chi connectivity index (χ4v) is 2.64. The Morgan fingerprint density at radius 1 is 1.39 bits per heavy atom. The minimum atomic E-state index is -0.216. The summed E-state index contributed by atoms with van der Waals surface area (Å²) in [5.74, 6) is 0.0318. The zero-order valence-corrected chi connectivity index (χ0v) is 11.2. The molecule has 3 atom stereocenters. The summed E-state index contributed by atoms with van der Waals surface area (Å²) in [6, 6.07) is 10.0. The quantitative estimate of drug-likeness (QED) is 0.889. The van der Waals surface area contributed by atoms with Crippen molar-refractivity contribution in [3.8, 4) is 0 Å². The first-order valence-electron chi connectivity index (χ1n) is 6.72. The molecule has 18 heavy (non-hydrogen) atoms. The number of benzene rings is 1. The summed E-state index contributed by atoms with van der Waals surface area (Å²) in [6.45, 7) is 4.93. The highest BCUT2D eigenvalue weighted by Gasteiger charge is 2.31. The van der Waals surface area contributed by atoms with E-state index in [4.69, 9.17) is 5.73 Å². The summed E-state index contributed by atoms with van der Waals surface area (Å²) in [7, 11) is 0. The van der Waals surface area contributed by atoms with E-state index in [1.807, 2.05) is 42.2 Å². The maximum atomic E-state index is 12.4. The minimum absolute atomic E-state index is 0.159. The Labute approximate surface area is 109 Å². The number of nitrogens with two attached hydrogens (primary N) is 1. The van der Waals surface area contributed by atoms with Gasteiger partial charge in [0.05, 0.1) is 5.92 Å². The molecule has 98 valence electrons. The third-order valence-corrected chi connectivity index (χ3v) is 3.95. The molecule has 2 N–H and O–H groups in total. The molecule has 1 saturated heterocycles. The summed E-state index contributed by atoms with van der Waals surface area (Å²) in [5.41, 5.74) is 7.24. The Bertz CT molecular complexity index is 404. The number of likely N-dealkylation sites (tertiary alicyclic amines) is 1. The van der Waals surface area contributed by atoms with E-state index in [9.17, 15) is 4.79 Å². The zero-order chi connectivity index (χ0) is 13.1. The third kappa shape index (κ3) is 2.56. The number of carbonyl (C=O) groups is 1. The number of carbonyl (C=O) groups excluding carboxylic acids is 1. The average molecular weight is 246 g/mol. The van der Waals surface area contributed by atoms with Crippen molar-refractivity contribution in [1.29, 1.82) is 0 Å². The maximum Gasteiger partial charge on any atom is 0.227 e. The van der Waals surface area contributed by atoms with E-state index in [1.165, 1.54) is 0 Å². The molecule has 1 amide bonds. The highest BCUT2D eigenvalue weighted by Crippen LogP contribution is 2.25. The van der Waals surface area contributed by atoms with Gasteiger partial charge in [0, 0.05) is 18.6 Å². The molecular weight excluding hydrogens is 224 g/mol. The van der Waals surface area contributed by atoms with Crippen molar-refractivity contribution < 1.29 is 4.79 Å². The van der Waals surface area contributed by atoms with Gasteiger partial charge in [0.1, 0.15) is 0 Å². The van der Waals surface area contributed by atoms with Crippen LogP contribution >= 0.6 is 0 Å². The van der Waals surface area contributed by atoms with Crippen LogP contribution in [-0.2, 0) is 4.79 Å². The zero-order valence-electron chi connectivity index (χ0n) is 11.2. The van der Waals surface area contributed by atoms with E-state index >= 15 is 0 Å². The Hall–Kier alpha value is -1.35. The molecule has 0 radical (unpaired) electrons. The van der Waals surface area contributed by atoms with Crippen molar-refractivity contribution in [3.63, 3.8) is 0 Å². The standard InChI is InChI=1S/C15H22N2O/c1-11-7-6-10-17(11)15(18)12(2)14(16)13-8-4-3-5-9-13/h3-5,8-9,11-12,14H,6-7,10,16H2,1-2H3. The maximum absolute atomic E-state index is 12.4. The Morgan fingerprint density at radius 2 is 2.06 bits per heavy atom. The topological polar surface area (TPSA) is 46.3 Å². The molecule has 1 fully saturated rings. The van der Waals surface area contributed by atoms with Gasteiger partial charge in [-0.2, -0.15) is 0 Å². The molecule has 2 rings (SSSR count). The highest BCUT2D eigenvalue weighted by atomic mass is 16.2. The summed E-state index contributed by atoms with van der Waals surface area (Å²) in [6.07, 6.45) is 2.22. The monoisotopic (exact) mass is 246 g/mol. The van der Waals surface area contributed by atoms with Crippen LogP contribution in [0, 0.1) is 5.92 Å². The van der Waals surface area contributed by atoms with Crippen LogP contribution in [0.5, 0.6) is 0 Å². The second kappa shape index (κ2) is 5.53. The van der Waals surface area contributed by atoms with Crippen LogP contribution in [0.15, 0.2) is 30.3 Å². The molecule has 1 heterocycles. The van der Waals surface area contributed by atoms with Crippen molar-refractivity contribution in [1.82, 2.24) is 4.90 Å². The van der Waals surface area contributed by atoms with Crippen molar-refractivity contribution in [2.75, 3.05) is 6.54 Å². The number of rotatable bonds is 3. The summed E-state index contributed by atoms with van der Waals surface area (Å²) >= 11 is 0. The predicted octanol–water partition coefficient (Wildman–Crippen LogP) is 2.33. The Morgan fingerprint density at radius 3 is 2.61 bits per heavy atom. The fraction of sp³-hybridized carbons (Fsp3) is 0.533. The van der Waals surface area contributed by atoms with E-state index in [2.05, 4.69) is 6.92 Å². The molecule has 1 aliphatic rings. The minimum Gasteiger partial charge on any atom is -0.340 e. The highest BCUT2D eigenvalue weighted by molar-refractivity contribution is 5.80. The van der Waals surface area contributed by atoms with Crippen LogP contribution < -0.4 is 5.73 Å². The van der Waals surface area contributed by atoms with Gasteiger partial charge in [-0.25, -0.2) is 0 Å². The third-order valence-electron chi connectivity index (χ3n) is 3.95. The molecule has 3 heteroatoms. The van der Waals surface area contributed by atoms with Crippen LogP contribution in [0.2, 0.25) is 0 Å². The molecule has 0 saturated carbocycles. The van der Waals surface area contributed by atoms with E-state index in [0.29, 0.717) is 6.04 Å². The number of hydrogen-bond acceptors (Lipinski definition) is 2. The van der Waals surface area contributed by atoms with Gasteiger partial charge >= 0.3 is 0 Å². The SMILES string of the molecule is CC(C(=O)N1CCCC1C)C(N)c1ccccc1. The van der Waals surface area contributed by atoms with Gasteiger partial charge in [0.15, 0.2) is 0 Å². The average Bonchev–Trinajstić information content (AvgIpc) is 2.83. The van der Waals surface area contributed by atoms with E-state index in [1.54, 1.807) is 0 Å². The fourth-order valence-electron chi connectivity index (χ4n) is 2.64. The van der Waals surface area contributed by atoms with Crippen molar-refractivity contribution >= 4 is 5.91 Å². The molecule has 0 spiro atoms.